The number of amidine groups is 1. The topological polar surface area (TPSA) is 266 Å². The first-order valence-electron chi connectivity index (χ1n) is 21.2. The van der Waals surface area contributed by atoms with Crippen LogP contribution in [0.1, 0.15) is 47.3 Å². The fourth-order valence-corrected chi connectivity index (χ4v) is 9.02. The summed E-state index contributed by atoms with van der Waals surface area (Å²) in [5, 5.41) is 89.4. The van der Waals surface area contributed by atoms with Gasteiger partial charge >= 0.3 is 5.97 Å². The molecule has 0 amide bonds. The lowest BCUT2D eigenvalue weighted by molar-refractivity contribution is -0.338. The summed E-state index contributed by atoms with van der Waals surface area (Å²) in [4.78, 5) is 25.7. The van der Waals surface area contributed by atoms with Crippen molar-refractivity contribution >= 4 is 35.3 Å². The van der Waals surface area contributed by atoms with Crippen molar-refractivity contribution in [3.8, 4) is 34.5 Å². The number of phenolic OH excluding ortho intramolecular Hbond substituents is 2. The van der Waals surface area contributed by atoms with Gasteiger partial charge in [-0.3, -0.25) is 10.4 Å². The Morgan fingerprint density at radius 1 is 0.955 bits per heavy atom. The number of phenols is 2. The van der Waals surface area contributed by atoms with Gasteiger partial charge in [0.25, 0.3) is 0 Å². The van der Waals surface area contributed by atoms with Gasteiger partial charge in [-0.15, -0.1) is 0 Å². The number of nitrogens with one attached hydrogen (secondary N) is 1. The van der Waals surface area contributed by atoms with Crippen LogP contribution in [0.25, 0.3) is 5.76 Å². The van der Waals surface area contributed by atoms with Crippen LogP contribution in [0.3, 0.4) is 0 Å². The molecule has 0 saturated carbocycles. The Morgan fingerprint density at radius 2 is 1.73 bits per heavy atom. The van der Waals surface area contributed by atoms with Gasteiger partial charge in [0.1, 0.15) is 65.2 Å². The monoisotopic (exact) mass is 898 g/mol. The Bertz CT molecular complexity index is 2770. The third kappa shape index (κ3) is 8.17. The van der Waals surface area contributed by atoms with Crippen LogP contribution in [0.5, 0.6) is 34.5 Å². The van der Waals surface area contributed by atoms with E-state index in [1.165, 1.54) is 30.6 Å². The van der Waals surface area contributed by atoms with Gasteiger partial charge < -0.3 is 59.4 Å². The summed E-state index contributed by atoms with van der Waals surface area (Å²) >= 11 is 0. The molecule has 0 aromatic heterocycles. The molecular weight excluding hydrogens is 853 g/mol. The molecule has 66 heavy (non-hydrogen) atoms. The number of hydrogen-bond acceptors (Lipinski definition) is 15. The third-order valence-electron chi connectivity index (χ3n) is 12.1. The summed E-state index contributed by atoms with van der Waals surface area (Å²) in [7, 11) is 0. The van der Waals surface area contributed by atoms with Crippen LogP contribution < -0.4 is 18.9 Å². The first-order valence-corrected chi connectivity index (χ1v) is 21.2. The third-order valence-corrected chi connectivity index (χ3v) is 12.1. The number of aliphatic hydroxyl groups is 4. The second-order valence-corrected chi connectivity index (χ2v) is 16.5. The SMILES string of the molecule is CCc1cc(O)cc(COc2c(O[C@@H]3O[C@H](C(=O)O)[C@]4(O)[C@@H](C5=NC=NC5)C(Cc5ccccc5)=C[C@@]3(O)[C@@H]4O)cc3c(c2O)C(O)=CC(c2ccc(OCCC4=NC(=N)C=C4)cc2)O3)c1. The molecule has 9 rings (SSSR count). The van der Waals surface area contributed by atoms with Crippen molar-refractivity contribution in [2.45, 2.75) is 68.6 Å². The summed E-state index contributed by atoms with van der Waals surface area (Å²) < 4.78 is 30.7. The predicted octanol–water partition coefficient (Wildman–Crippen LogP) is 5.32. The molecule has 1 unspecified atom stereocenters. The molecule has 0 radical (unpaired) electrons. The van der Waals surface area contributed by atoms with E-state index in [4.69, 9.17) is 29.1 Å². The van der Waals surface area contributed by atoms with Crippen LogP contribution in [0.2, 0.25) is 0 Å². The zero-order chi connectivity index (χ0) is 46.3. The van der Waals surface area contributed by atoms with Gasteiger partial charge in [0.2, 0.25) is 12.0 Å². The molecule has 7 atom stereocenters. The van der Waals surface area contributed by atoms with Gasteiger partial charge in [0.05, 0.1) is 24.8 Å². The van der Waals surface area contributed by atoms with Gasteiger partial charge in [-0.05, 0) is 77.6 Å². The van der Waals surface area contributed by atoms with E-state index in [0.29, 0.717) is 41.9 Å². The van der Waals surface area contributed by atoms with E-state index in [0.717, 1.165) is 16.8 Å². The molecule has 1 aliphatic carbocycles. The highest BCUT2D eigenvalue weighted by molar-refractivity contribution is 6.14. The van der Waals surface area contributed by atoms with E-state index in [1.54, 1.807) is 60.7 Å². The number of aliphatic carboxylic acids is 1. The number of fused-ring (bicyclic) bond motifs is 3. The van der Waals surface area contributed by atoms with Crippen LogP contribution >= 0.6 is 0 Å². The molecule has 4 aliphatic heterocycles. The minimum Gasteiger partial charge on any atom is -0.508 e. The molecule has 17 nitrogen and oxygen atoms in total. The fourth-order valence-electron chi connectivity index (χ4n) is 9.02. The van der Waals surface area contributed by atoms with E-state index in [-0.39, 0.29) is 59.7 Å². The molecule has 0 spiro atoms. The average Bonchev–Trinajstić information content (AvgIpc) is 3.98. The number of aryl methyl sites for hydroxylation is 1. The number of rotatable bonds is 15. The first kappa shape index (κ1) is 43.9. The molecule has 5 aliphatic rings. The Balaban J connectivity index is 1.08. The number of hydrogen-bond donors (Lipinski definition) is 8. The van der Waals surface area contributed by atoms with Crippen molar-refractivity contribution in [1.29, 1.82) is 5.41 Å². The number of ether oxygens (including phenoxy) is 5. The van der Waals surface area contributed by atoms with Crippen LogP contribution in [-0.2, 0) is 29.0 Å². The molecule has 1 fully saturated rings. The molecule has 340 valence electrons. The Kier molecular flexibility index (Phi) is 11.7. The van der Waals surface area contributed by atoms with Gasteiger partial charge in [-0.25, -0.2) is 14.8 Å². The number of aliphatic hydroxyl groups excluding tert-OH is 2. The van der Waals surface area contributed by atoms with E-state index in [2.05, 4.69) is 15.0 Å². The quantitative estimate of drug-likeness (QED) is 0.0703. The minimum atomic E-state index is -2.70. The molecule has 8 N–H and O–H groups in total. The van der Waals surface area contributed by atoms with Gasteiger partial charge in [-0.2, -0.15) is 0 Å². The molecule has 1 saturated heterocycles. The standard InChI is InChI=1S/C49H46N4O13/c1-2-26-16-28(19-32(54)18-26)24-63-43-38(21-37-40(42(43)56)35(55)20-36(64-37)29-8-11-33(12-9-29)62-15-14-31-10-13-39(50)53-31)65-47-48(60)22-30(17-27-6-4-3-5-7-27)41(34-23-51-25-52-34)49(61,46(48)59)44(66-47)45(57)58/h3-13,16,18-22,25,36,41,44,46-47,50,54-56,59-61H,2,14-15,17,23-24H2,1H3,(H,57,58)/t36?,41-,44-,46+,47-,48-,49-/m1/s1. The number of nitrogens with zero attached hydrogens (tertiary/aromatic N) is 3. The Morgan fingerprint density at radius 3 is 2.42 bits per heavy atom. The van der Waals surface area contributed by atoms with Crippen molar-refractivity contribution in [2.75, 3.05) is 13.2 Å². The number of aromatic hydroxyl groups is 2. The lowest BCUT2D eigenvalue weighted by atomic mass is 9.60. The largest absolute Gasteiger partial charge is 0.508 e. The number of benzene rings is 4. The van der Waals surface area contributed by atoms with E-state index in [9.17, 15) is 40.5 Å². The maximum Gasteiger partial charge on any atom is 0.336 e. The molecule has 4 aromatic rings. The fraction of sp³-hybridized carbons (Fsp3) is 0.286. The second kappa shape index (κ2) is 17.6. The highest BCUT2D eigenvalue weighted by atomic mass is 16.7. The second-order valence-electron chi connectivity index (χ2n) is 16.5. The van der Waals surface area contributed by atoms with Crippen LogP contribution in [0, 0.1) is 11.3 Å². The smallest absolute Gasteiger partial charge is 0.336 e. The van der Waals surface area contributed by atoms with Crippen molar-refractivity contribution < 1.29 is 64.2 Å². The van der Waals surface area contributed by atoms with E-state index in [1.807, 2.05) is 25.1 Å². The normalized spacial score (nSPS) is 26.1. The van der Waals surface area contributed by atoms with Gasteiger partial charge in [0.15, 0.2) is 23.2 Å². The van der Waals surface area contributed by atoms with Crippen molar-refractivity contribution in [3.05, 3.63) is 137 Å². The maximum atomic E-state index is 13.1. The van der Waals surface area contributed by atoms with Gasteiger partial charge in [-0.1, -0.05) is 61.0 Å². The first-order chi connectivity index (χ1) is 31.7. The van der Waals surface area contributed by atoms with Crippen molar-refractivity contribution in [2.24, 2.45) is 20.9 Å². The summed E-state index contributed by atoms with van der Waals surface area (Å²) in [5.41, 5.74) is -1.62. The predicted molar refractivity (Wildman–Crippen MR) is 240 cm³/mol. The summed E-state index contributed by atoms with van der Waals surface area (Å²) in [6, 6.07) is 22.0. The maximum absolute atomic E-state index is 13.1. The molecule has 4 heterocycles. The summed E-state index contributed by atoms with van der Waals surface area (Å²) in [6.07, 6.45) is 1.01. The molecule has 17 heteroatoms. The number of aliphatic imine (C=N–C) groups is 3. The summed E-state index contributed by atoms with van der Waals surface area (Å²) in [5.74, 6) is -4.17. The highest BCUT2D eigenvalue weighted by Gasteiger charge is 2.71. The van der Waals surface area contributed by atoms with Crippen LogP contribution in [0.4, 0.5) is 0 Å². The molecule has 2 bridgehead atoms. The van der Waals surface area contributed by atoms with E-state index >= 15 is 0 Å². The van der Waals surface area contributed by atoms with E-state index < -0.39 is 59.2 Å². The number of allylic oxidation sites excluding steroid dienone is 1. The van der Waals surface area contributed by atoms with Gasteiger partial charge in [0, 0.05) is 24.3 Å². The zero-order valence-electron chi connectivity index (χ0n) is 35.4. The van der Waals surface area contributed by atoms with Crippen molar-refractivity contribution in [3.63, 3.8) is 0 Å². The Hall–Kier alpha value is -7.31. The number of carboxylic acids is 1. The zero-order valence-corrected chi connectivity index (χ0v) is 35.4. The Labute approximate surface area is 377 Å². The molecule has 4 aromatic carbocycles. The molecular formula is C49H46N4O13. The lowest BCUT2D eigenvalue weighted by Gasteiger charge is -2.57. The lowest BCUT2D eigenvalue weighted by Crippen LogP contribution is -2.79. The van der Waals surface area contributed by atoms with Crippen LogP contribution in [-0.4, -0.2) is 108 Å². The highest BCUT2D eigenvalue weighted by Crippen LogP contribution is 2.54. The minimum absolute atomic E-state index is 0.00712. The number of carbonyl (C=O) groups is 1. The summed E-state index contributed by atoms with van der Waals surface area (Å²) in [6.45, 7) is 1.96. The number of carboxylic acid groups (broad SMARTS) is 1. The average molecular weight is 899 g/mol. The van der Waals surface area contributed by atoms with Crippen molar-refractivity contribution in [1.82, 2.24) is 0 Å². The van der Waals surface area contributed by atoms with Crippen LogP contribution in [0.15, 0.2) is 124 Å².